The molecule has 0 saturated heterocycles. The number of hydrogen-bond donors (Lipinski definition) is 1. The number of fused-ring (bicyclic) bond motifs is 3. The summed E-state index contributed by atoms with van der Waals surface area (Å²) in [6, 6.07) is 12.1. The normalized spacial score (nSPS) is 15.4. The summed E-state index contributed by atoms with van der Waals surface area (Å²) in [7, 11) is 0. The molecule has 1 aliphatic carbocycles. The molecule has 1 aliphatic rings. The molecule has 5 nitrogen and oxygen atoms in total. The number of benzene rings is 2. The molecule has 0 saturated carbocycles. The third-order valence-electron chi connectivity index (χ3n) is 5.94. The molecule has 1 amide bonds. The summed E-state index contributed by atoms with van der Waals surface area (Å²) in [6.45, 7) is 2.19. The maximum atomic E-state index is 14.0. The van der Waals surface area contributed by atoms with E-state index in [9.17, 15) is 14.0 Å². The van der Waals surface area contributed by atoms with Gasteiger partial charge in [0.2, 0.25) is 5.91 Å². The SMILES string of the molecule is CCOC(=O)Cn1c2c(c3cc(F)ccc31)C[C@H](NC(=O)CCc1ccc(Cl)cc1)CC2. The highest BCUT2D eigenvalue weighted by atomic mass is 35.5. The number of rotatable bonds is 7. The van der Waals surface area contributed by atoms with Crippen molar-refractivity contribution >= 4 is 34.4 Å². The van der Waals surface area contributed by atoms with Gasteiger partial charge in [0.15, 0.2) is 0 Å². The van der Waals surface area contributed by atoms with Gasteiger partial charge in [-0.1, -0.05) is 23.7 Å². The summed E-state index contributed by atoms with van der Waals surface area (Å²) in [4.78, 5) is 24.7. The Morgan fingerprint density at radius 1 is 1.22 bits per heavy atom. The van der Waals surface area contributed by atoms with Crippen molar-refractivity contribution in [3.63, 3.8) is 0 Å². The number of hydrogen-bond acceptors (Lipinski definition) is 3. The quantitative estimate of drug-likeness (QED) is 0.528. The second kappa shape index (κ2) is 9.74. The topological polar surface area (TPSA) is 60.3 Å². The predicted molar refractivity (Wildman–Crippen MR) is 122 cm³/mol. The number of nitrogens with zero attached hydrogens (tertiary/aromatic N) is 1. The number of nitrogens with one attached hydrogen (secondary N) is 1. The predicted octanol–water partition coefficient (Wildman–Crippen LogP) is 4.60. The molecule has 1 atom stereocenters. The molecular formula is C25H26ClFN2O3. The van der Waals surface area contributed by atoms with Crippen LogP contribution in [0.5, 0.6) is 0 Å². The number of carbonyl (C=O) groups is 2. The van der Waals surface area contributed by atoms with Gasteiger partial charge >= 0.3 is 5.97 Å². The molecule has 0 bridgehead atoms. The van der Waals surface area contributed by atoms with Crippen LogP contribution in [0.25, 0.3) is 10.9 Å². The highest BCUT2D eigenvalue weighted by molar-refractivity contribution is 6.30. The Morgan fingerprint density at radius 3 is 2.75 bits per heavy atom. The zero-order chi connectivity index (χ0) is 22.7. The van der Waals surface area contributed by atoms with Crippen LogP contribution in [0, 0.1) is 5.82 Å². The first-order valence-electron chi connectivity index (χ1n) is 10.9. The van der Waals surface area contributed by atoms with Crippen molar-refractivity contribution in [2.45, 2.75) is 51.6 Å². The molecule has 1 aromatic heterocycles. The molecule has 32 heavy (non-hydrogen) atoms. The van der Waals surface area contributed by atoms with E-state index in [-0.39, 0.29) is 30.3 Å². The lowest BCUT2D eigenvalue weighted by molar-refractivity contribution is -0.143. The number of aromatic nitrogens is 1. The second-order valence-corrected chi connectivity index (χ2v) is 8.55. The number of ether oxygens (including phenoxy) is 1. The fourth-order valence-corrected chi connectivity index (χ4v) is 4.60. The summed E-state index contributed by atoms with van der Waals surface area (Å²) in [5, 5.41) is 4.60. The lowest BCUT2D eigenvalue weighted by Crippen LogP contribution is -2.39. The smallest absolute Gasteiger partial charge is 0.325 e. The average molecular weight is 457 g/mol. The van der Waals surface area contributed by atoms with Gasteiger partial charge in [-0.05, 0) is 74.1 Å². The Hall–Kier alpha value is -2.86. The van der Waals surface area contributed by atoms with Crippen LogP contribution in [-0.2, 0) is 40.1 Å². The fourth-order valence-electron chi connectivity index (χ4n) is 4.47. The zero-order valence-corrected chi connectivity index (χ0v) is 18.8. The molecule has 3 aromatic rings. The number of amides is 1. The van der Waals surface area contributed by atoms with E-state index >= 15 is 0 Å². The molecule has 4 rings (SSSR count). The zero-order valence-electron chi connectivity index (χ0n) is 18.0. The summed E-state index contributed by atoms with van der Waals surface area (Å²) in [6.07, 6.45) is 3.11. The van der Waals surface area contributed by atoms with Crippen LogP contribution in [0.1, 0.15) is 36.6 Å². The molecule has 0 radical (unpaired) electrons. The highest BCUT2D eigenvalue weighted by Crippen LogP contribution is 2.33. The third-order valence-corrected chi connectivity index (χ3v) is 6.19. The third kappa shape index (κ3) is 4.96. The molecule has 0 spiro atoms. The van der Waals surface area contributed by atoms with Crippen molar-refractivity contribution in [1.29, 1.82) is 0 Å². The minimum atomic E-state index is -0.317. The lowest BCUT2D eigenvalue weighted by atomic mass is 9.91. The van der Waals surface area contributed by atoms with Crippen molar-refractivity contribution in [2.24, 2.45) is 0 Å². The molecule has 0 unspecified atom stereocenters. The van der Waals surface area contributed by atoms with Gasteiger partial charge in [-0.15, -0.1) is 0 Å². The maximum absolute atomic E-state index is 14.0. The number of aryl methyl sites for hydroxylation is 1. The Balaban J connectivity index is 1.48. The number of halogens is 2. The van der Waals surface area contributed by atoms with Crippen molar-refractivity contribution < 1.29 is 18.7 Å². The van der Waals surface area contributed by atoms with Gasteiger partial charge in [0.05, 0.1) is 6.61 Å². The van der Waals surface area contributed by atoms with Crippen LogP contribution in [0.2, 0.25) is 5.02 Å². The number of esters is 1. The summed E-state index contributed by atoms with van der Waals surface area (Å²) in [5.41, 5.74) is 3.90. The first-order chi connectivity index (χ1) is 15.4. The van der Waals surface area contributed by atoms with Gasteiger partial charge < -0.3 is 14.6 Å². The van der Waals surface area contributed by atoms with E-state index in [4.69, 9.17) is 16.3 Å². The molecule has 1 heterocycles. The Bertz CT molecular complexity index is 1140. The van der Waals surface area contributed by atoms with E-state index in [1.54, 1.807) is 13.0 Å². The molecule has 1 N–H and O–H groups in total. The Kier molecular flexibility index (Phi) is 6.80. The molecule has 0 aliphatic heterocycles. The molecule has 0 fully saturated rings. The average Bonchev–Trinajstić information content (AvgIpc) is 3.06. The van der Waals surface area contributed by atoms with E-state index < -0.39 is 0 Å². The van der Waals surface area contributed by atoms with Gasteiger partial charge in [0, 0.05) is 34.1 Å². The fraction of sp³-hybridized carbons (Fsp3) is 0.360. The first-order valence-corrected chi connectivity index (χ1v) is 11.3. The lowest BCUT2D eigenvalue weighted by Gasteiger charge is -2.25. The molecule has 2 aromatic carbocycles. The Labute approximate surface area is 191 Å². The van der Waals surface area contributed by atoms with Crippen LogP contribution in [-0.4, -0.2) is 29.1 Å². The van der Waals surface area contributed by atoms with E-state index in [2.05, 4.69) is 5.32 Å². The minimum Gasteiger partial charge on any atom is -0.465 e. The van der Waals surface area contributed by atoms with Gasteiger partial charge in [-0.25, -0.2) is 4.39 Å². The van der Waals surface area contributed by atoms with E-state index in [0.29, 0.717) is 37.3 Å². The van der Waals surface area contributed by atoms with Crippen LogP contribution in [0.4, 0.5) is 4.39 Å². The second-order valence-electron chi connectivity index (χ2n) is 8.11. The van der Waals surface area contributed by atoms with Crippen molar-refractivity contribution in [2.75, 3.05) is 6.61 Å². The van der Waals surface area contributed by atoms with E-state index in [1.807, 2.05) is 28.8 Å². The molecular weight excluding hydrogens is 431 g/mol. The van der Waals surface area contributed by atoms with Crippen molar-refractivity contribution in [3.8, 4) is 0 Å². The van der Waals surface area contributed by atoms with Crippen LogP contribution in [0.15, 0.2) is 42.5 Å². The van der Waals surface area contributed by atoms with Crippen molar-refractivity contribution in [1.82, 2.24) is 9.88 Å². The monoisotopic (exact) mass is 456 g/mol. The van der Waals surface area contributed by atoms with E-state index in [1.165, 1.54) is 12.1 Å². The van der Waals surface area contributed by atoms with Crippen LogP contribution in [0.3, 0.4) is 0 Å². The molecule has 168 valence electrons. The molecule has 7 heteroatoms. The Morgan fingerprint density at radius 2 is 2.00 bits per heavy atom. The summed E-state index contributed by atoms with van der Waals surface area (Å²) >= 11 is 5.91. The standard InChI is InChI=1S/C25H26ClFN2O3/c1-2-32-25(31)15-29-22-10-8-18(27)13-20(22)21-14-19(9-11-23(21)29)28-24(30)12-5-16-3-6-17(26)7-4-16/h3-4,6-8,10,13,19H,2,5,9,11-12,14-15H2,1H3,(H,28,30)/t19-/m1/s1. The van der Waals surface area contributed by atoms with Gasteiger partial charge in [0.1, 0.15) is 12.4 Å². The van der Waals surface area contributed by atoms with Crippen LogP contribution < -0.4 is 5.32 Å². The highest BCUT2D eigenvalue weighted by Gasteiger charge is 2.27. The van der Waals surface area contributed by atoms with Gasteiger partial charge in [0.25, 0.3) is 0 Å². The van der Waals surface area contributed by atoms with Crippen molar-refractivity contribution in [3.05, 3.63) is 70.1 Å². The maximum Gasteiger partial charge on any atom is 0.325 e. The van der Waals surface area contributed by atoms with Gasteiger partial charge in [-0.2, -0.15) is 0 Å². The largest absolute Gasteiger partial charge is 0.465 e. The van der Waals surface area contributed by atoms with E-state index in [0.717, 1.165) is 34.1 Å². The van der Waals surface area contributed by atoms with Crippen LogP contribution >= 0.6 is 11.6 Å². The van der Waals surface area contributed by atoms with Gasteiger partial charge in [-0.3, -0.25) is 9.59 Å². The summed E-state index contributed by atoms with van der Waals surface area (Å²) < 4.78 is 21.1. The summed E-state index contributed by atoms with van der Waals surface area (Å²) in [5.74, 6) is -0.633. The number of carbonyl (C=O) groups excluding carboxylic acids is 2. The first kappa shape index (κ1) is 22.3. The minimum absolute atomic E-state index is 0.00478.